The van der Waals surface area contributed by atoms with Gasteiger partial charge in [0, 0.05) is 27.2 Å². The summed E-state index contributed by atoms with van der Waals surface area (Å²) in [5.74, 6) is 0.440. The van der Waals surface area contributed by atoms with Crippen LogP contribution in [0.5, 0.6) is 0 Å². The van der Waals surface area contributed by atoms with Crippen molar-refractivity contribution in [2.45, 2.75) is 13.8 Å². The molecule has 1 aliphatic heterocycles. The minimum atomic E-state index is -0.0289. The Bertz CT molecular complexity index is 291. The number of carbonyl (C=O) groups is 2. The number of nitrogens with one attached hydrogen (secondary N) is 1. The quantitative estimate of drug-likeness (QED) is 0.740. The van der Waals surface area contributed by atoms with E-state index in [1.54, 1.807) is 19.0 Å². The van der Waals surface area contributed by atoms with Crippen molar-refractivity contribution < 1.29 is 9.59 Å². The minimum absolute atomic E-state index is 0.0184. The second-order valence-corrected chi connectivity index (χ2v) is 4.88. The lowest BCUT2D eigenvalue weighted by Gasteiger charge is -2.26. The first kappa shape index (κ1) is 14.0. The van der Waals surface area contributed by atoms with Gasteiger partial charge in [-0.3, -0.25) is 9.59 Å². The van der Waals surface area contributed by atoms with E-state index in [-0.39, 0.29) is 24.3 Å². The summed E-state index contributed by atoms with van der Waals surface area (Å²) < 4.78 is 0. The van der Waals surface area contributed by atoms with E-state index in [4.69, 9.17) is 0 Å². The highest BCUT2D eigenvalue weighted by Crippen LogP contribution is 2.18. The number of hydrogen-bond donors (Lipinski definition) is 1. The summed E-state index contributed by atoms with van der Waals surface area (Å²) in [6, 6.07) is 0. The predicted molar refractivity (Wildman–Crippen MR) is 66.5 cm³/mol. The third-order valence-electron chi connectivity index (χ3n) is 3.35. The van der Waals surface area contributed by atoms with E-state index < -0.39 is 0 Å². The molecule has 1 fully saturated rings. The summed E-state index contributed by atoms with van der Waals surface area (Å²) in [6.07, 6.45) is 0. The lowest BCUT2D eigenvalue weighted by Crippen LogP contribution is -2.44. The van der Waals surface area contributed by atoms with Crippen molar-refractivity contribution >= 4 is 11.8 Å². The molecular weight excluding hydrogens is 218 g/mol. The molecule has 1 aliphatic rings. The predicted octanol–water partition coefficient (Wildman–Crippen LogP) is -0.221. The van der Waals surface area contributed by atoms with Gasteiger partial charge < -0.3 is 15.1 Å². The fraction of sp³-hybridized carbons (Fsp3) is 0.833. The van der Waals surface area contributed by atoms with E-state index in [9.17, 15) is 9.59 Å². The van der Waals surface area contributed by atoms with Crippen LogP contribution in [-0.2, 0) is 9.59 Å². The van der Waals surface area contributed by atoms with E-state index in [0.29, 0.717) is 12.5 Å². The second kappa shape index (κ2) is 6.00. The van der Waals surface area contributed by atoms with Gasteiger partial charge in [0.2, 0.25) is 11.8 Å². The summed E-state index contributed by atoms with van der Waals surface area (Å²) >= 11 is 0. The van der Waals surface area contributed by atoms with Gasteiger partial charge in [-0.05, 0) is 19.4 Å². The molecule has 0 bridgehead atoms. The Morgan fingerprint density at radius 2 is 1.94 bits per heavy atom. The molecule has 0 aliphatic carbocycles. The molecule has 0 aromatic carbocycles. The molecular formula is C12H23N3O2. The SMILES string of the molecule is CCN(CC(=O)N(C)C)C(=O)C1CNCC1C. The molecule has 1 saturated heterocycles. The molecule has 2 unspecified atom stereocenters. The van der Waals surface area contributed by atoms with Crippen LogP contribution in [0.4, 0.5) is 0 Å². The van der Waals surface area contributed by atoms with E-state index in [2.05, 4.69) is 12.2 Å². The lowest BCUT2D eigenvalue weighted by molar-refractivity contribution is -0.142. The molecule has 2 amide bonds. The van der Waals surface area contributed by atoms with Gasteiger partial charge in [-0.1, -0.05) is 6.92 Å². The highest BCUT2D eigenvalue weighted by molar-refractivity contribution is 5.86. The molecule has 5 nitrogen and oxygen atoms in total. The Hall–Kier alpha value is -1.10. The van der Waals surface area contributed by atoms with Crippen LogP contribution in [0, 0.1) is 11.8 Å². The van der Waals surface area contributed by atoms with Gasteiger partial charge in [0.05, 0.1) is 12.5 Å². The molecule has 17 heavy (non-hydrogen) atoms. The summed E-state index contributed by atoms with van der Waals surface area (Å²) in [5.41, 5.74) is 0. The summed E-state index contributed by atoms with van der Waals surface area (Å²) in [6.45, 7) is 6.37. The van der Waals surface area contributed by atoms with Crippen molar-refractivity contribution in [1.82, 2.24) is 15.1 Å². The normalized spacial score (nSPS) is 23.5. The maximum atomic E-state index is 12.3. The lowest BCUT2D eigenvalue weighted by atomic mass is 9.96. The first-order chi connectivity index (χ1) is 7.97. The smallest absolute Gasteiger partial charge is 0.241 e. The molecule has 0 radical (unpaired) electrons. The number of amides is 2. The molecule has 0 aromatic heterocycles. The van der Waals surface area contributed by atoms with Crippen LogP contribution < -0.4 is 5.32 Å². The zero-order valence-corrected chi connectivity index (χ0v) is 11.2. The molecule has 5 heteroatoms. The number of carbonyl (C=O) groups excluding carboxylic acids is 2. The number of nitrogens with zero attached hydrogens (tertiary/aromatic N) is 2. The van der Waals surface area contributed by atoms with Crippen molar-refractivity contribution in [3.05, 3.63) is 0 Å². The van der Waals surface area contributed by atoms with Crippen LogP contribution in [0.3, 0.4) is 0 Å². The maximum Gasteiger partial charge on any atom is 0.241 e. The van der Waals surface area contributed by atoms with Crippen LogP contribution in [-0.4, -0.2) is 61.9 Å². The van der Waals surface area contributed by atoms with Crippen LogP contribution in [0.15, 0.2) is 0 Å². The zero-order valence-electron chi connectivity index (χ0n) is 11.2. The maximum absolute atomic E-state index is 12.3. The first-order valence-corrected chi connectivity index (χ1v) is 6.17. The van der Waals surface area contributed by atoms with Gasteiger partial charge in [-0.15, -0.1) is 0 Å². The van der Waals surface area contributed by atoms with Gasteiger partial charge in [0.1, 0.15) is 0 Å². The van der Waals surface area contributed by atoms with Crippen LogP contribution >= 0.6 is 0 Å². The molecule has 98 valence electrons. The molecule has 0 saturated carbocycles. The summed E-state index contributed by atoms with van der Waals surface area (Å²) in [7, 11) is 3.42. The molecule has 1 rings (SSSR count). The van der Waals surface area contributed by atoms with Gasteiger partial charge in [-0.2, -0.15) is 0 Å². The molecule has 0 aromatic rings. The average Bonchev–Trinajstić information content (AvgIpc) is 2.70. The topological polar surface area (TPSA) is 52.7 Å². The van der Waals surface area contributed by atoms with Crippen molar-refractivity contribution in [3.63, 3.8) is 0 Å². The Balaban J connectivity index is 2.60. The van der Waals surface area contributed by atoms with Crippen molar-refractivity contribution in [3.8, 4) is 0 Å². The second-order valence-electron chi connectivity index (χ2n) is 4.88. The highest BCUT2D eigenvalue weighted by Gasteiger charge is 2.32. The summed E-state index contributed by atoms with van der Waals surface area (Å²) in [4.78, 5) is 27.1. The Morgan fingerprint density at radius 3 is 2.35 bits per heavy atom. The van der Waals surface area contributed by atoms with Crippen LogP contribution in [0.25, 0.3) is 0 Å². The van der Waals surface area contributed by atoms with Crippen molar-refractivity contribution in [2.24, 2.45) is 11.8 Å². The summed E-state index contributed by atoms with van der Waals surface area (Å²) in [5, 5.41) is 3.22. The van der Waals surface area contributed by atoms with E-state index in [1.165, 1.54) is 4.90 Å². The fourth-order valence-electron chi connectivity index (χ4n) is 2.03. The molecule has 1 N–H and O–H groups in total. The Labute approximate surface area is 103 Å². The largest absolute Gasteiger partial charge is 0.347 e. The van der Waals surface area contributed by atoms with E-state index in [1.807, 2.05) is 6.92 Å². The van der Waals surface area contributed by atoms with Gasteiger partial charge in [0.15, 0.2) is 0 Å². The monoisotopic (exact) mass is 241 g/mol. The number of rotatable bonds is 4. The fourth-order valence-corrected chi connectivity index (χ4v) is 2.03. The molecule has 1 heterocycles. The Morgan fingerprint density at radius 1 is 1.29 bits per heavy atom. The first-order valence-electron chi connectivity index (χ1n) is 6.17. The zero-order chi connectivity index (χ0) is 13.0. The van der Waals surface area contributed by atoms with Crippen LogP contribution in [0.1, 0.15) is 13.8 Å². The minimum Gasteiger partial charge on any atom is -0.347 e. The highest BCUT2D eigenvalue weighted by atomic mass is 16.2. The van der Waals surface area contributed by atoms with Gasteiger partial charge in [0.25, 0.3) is 0 Å². The number of hydrogen-bond acceptors (Lipinski definition) is 3. The number of likely N-dealkylation sites (N-methyl/N-ethyl adjacent to an activating group) is 2. The van der Waals surface area contributed by atoms with Crippen molar-refractivity contribution in [2.75, 3.05) is 40.3 Å². The third kappa shape index (κ3) is 3.43. The third-order valence-corrected chi connectivity index (χ3v) is 3.35. The van der Waals surface area contributed by atoms with Gasteiger partial charge >= 0.3 is 0 Å². The van der Waals surface area contributed by atoms with Gasteiger partial charge in [-0.25, -0.2) is 0 Å². The molecule has 2 atom stereocenters. The van der Waals surface area contributed by atoms with E-state index >= 15 is 0 Å². The van der Waals surface area contributed by atoms with Crippen molar-refractivity contribution in [1.29, 1.82) is 0 Å². The van der Waals surface area contributed by atoms with Crippen LogP contribution in [0.2, 0.25) is 0 Å². The molecule has 0 spiro atoms. The standard InChI is InChI=1S/C12H23N3O2/c1-5-15(8-11(16)14(3)4)12(17)10-7-13-6-9(10)2/h9-10,13H,5-8H2,1-4H3. The Kier molecular flexibility index (Phi) is 4.93. The van der Waals surface area contributed by atoms with E-state index in [0.717, 1.165) is 13.1 Å². The average molecular weight is 241 g/mol.